The van der Waals surface area contributed by atoms with Crippen LogP contribution in [-0.4, -0.2) is 37.7 Å². The molecule has 1 saturated heterocycles. The van der Waals surface area contributed by atoms with E-state index in [1.807, 2.05) is 12.1 Å². The number of carbonyl (C=O) groups excluding carboxylic acids is 1. The average Bonchev–Trinajstić information content (AvgIpc) is 3.09. The summed E-state index contributed by atoms with van der Waals surface area (Å²) in [6, 6.07) is 8.75. The molecule has 1 aromatic carbocycles. The highest BCUT2D eigenvalue weighted by atomic mass is 16.2. The minimum Gasteiger partial charge on any atom is -0.334 e. The Kier molecular flexibility index (Phi) is 3.87. The molecule has 24 heavy (non-hydrogen) atoms. The lowest BCUT2D eigenvalue weighted by molar-refractivity contribution is -0.133. The largest absolute Gasteiger partial charge is 0.334 e. The van der Waals surface area contributed by atoms with Gasteiger partial charge in [-0.05, 0) is 30.9 Å². The fourth-order valence-corrected chi connectivity index (χ4v) is 4.23. The molecule has 2 aliphatic heterocycles. The highest BCUT2D eigenvalue weighted by Crippen LogP contribution is 2.32. The Balaban J connectivity index is 1.58. The van der Waals surface area contributed by atoms with E-state index in [0.29, 0.717) is 6.42 Å². The third-order valence-corrected chi connectivity index (χ3v) is 5.54. The number of carbonyl (C=O) groups is 1. The molecule has 5 nitrogen and oxygen atoms in total. The molecule has 2 aromatic rings. The normalized spacial score (nSPS) is 22.3. The van der Waals surface area contributed by atoms with Gasteiger partial charge in [-0.15, -0.1) is 10.2 Å². The first-order valence-electron chi connectivity index (χ1n) is 8.94. The highest BCUT2D eigenvalue weighted by Gasteiger charge is 2.40. The molecular formula is C19H24N4O. The fourth-order valence-electron chi connectivity index (χ4n) is 4.23. The molecule has 0 unspecified atom stereocenters. The summed E-state index contributed by atoms with van der Waals surface area (Å²) in [6.07, 6.45) is 4.40. The number of benzene rings is 1. The van der Waals surface area contributed by atoms with E-state index in [1.165, 1.54) is 5.56 Å². The quantitative estimate of drug-likeness (QED) is 0.870. The number of rotatable bonds is 3. The van der Waals surface area contributed by atoms with Crippen molar-refractivity contribution in [1.82, 2.24) is 19.7 Å². The first kappa shape index (κ1) is 15.4. The van der Waals surface area contributed by atoms with E-state index in [0.717, 1.165) is 49.4 Å². The lowest BCUT2D eigenvalue weighted by atomic mass is 10.0. The summed E-state index contributed by atoms with van der Waals surface area (Å²) < 4.78 is 2.25. The lowest BCUT2D eigenvalue weighted by Gasteiger charge is -2.28. The van der Waals surface area contributed by atoms with Crippen LogP contribution >= 0.6 is 0 Å². The van der Waals surface area contributed by atoms with Crippen LogP contribution in [0.2, 0.25) is 0 Å². The molecule has 0 N–H and O–H groups in total. The van der Waals surface area contributed by atoms with Gasteiger partial charge in [-0.3, -0.25) is 4.79 Å². The molecule has 0 radical (unpaired) electrons. The number of amides is 1. The van der Waals surface area contributed by atoms with Gasteiger partial charge in [0, 0.05) is 25.4 Å². The topological polar surface area (TPSA) is 51.0 Å². The van der Waals surface area contributed by atoms with Gasteiger partial charge in [-0.25, -0.2) is 0 Å². The van der Waals surface area contributed by atoms with Crippen LogP contribution in [0.25, 0.3) is 0 Å². The van der Waals surface area contributed by atoms with Crippen molar-refractivity contribution < 1.29 is 4.79 Å². The van der Waals surface area contributed by atoms with E-state index in [4.69, 9.17) is 0 Å². The third kappa shape index (κ3) is 2.52. The molecule has 2 bridgehead atoms. The third-order valence-electron chi connectivity index (χ3n) is 5.54. The summed E-state index contributed by atoms with van der Waals surface area (Å²) in [5, 5.41) is 8.69. The molecular weight excluding hydrogens is 300 g/mol. The standard InChI is InChI=1S/C19H24N4O/c1-3-17-20-21-18-11-15-8-9-16(12-22(17)18)23(15)19(24)10-14-7-5-4-6-13(14)2/h4-7,15-16H,3,8-12H2,1-2H3/t15-,16+/m0/s1. The van der Waals surface area contributed by atoms with E-state index < -0.39 is 0 Å². The summed E-state index contributed by atoms with van der Waals surface area (Å²) >= 11 is 0. The maximum absolute atomic E-state index is 13.0. The predicted molar refractivity (Wildman–Crippen MR) is 91.6 cm³/mol. The molecule has 4 rings (SSSR count). The van der Waals surface area contributed by atoms with Crippen LogP contribution in [0.1, 0.15) is 42.5 Å². The van der Waals surface area contributed by atoms with Crippen LogP contribution < -0.4 is 0 Å². The molecule has 0 aliphatic carbocycles. The van der Waals surface area contributed by atoms with Crippen LogP contribution in [0.15, 0.2) is 24.3 Å². The molecule has 1 amide bonds. The molecule has 1 aromatic heterocycles. The highest BCUT2D eigenvalue weighted by molar-refractivity contribution is 5.80. The molecule has 0 spiro atoms. The zero-order valence-corrected chi connectivity index (χ0v) is 14.4. The van der Waals surface area contributed by atoms with Crippen molar-refractivity contribution in [2.24, 2.45) is 0 Å². The van der Waals surface area contributed by atoms with Gasteiger partial charge in [0.2, 0.25) is 5.91 Å². The Morgan fingerprint density at radius 3 is 2.79 bits per heavy atom. The maximum Gasteiger partial charge on any atom is 0.227 e. The van der Waals surface area contributed by atoms with Crippen molar-refractivity contribution in [2.45, 2.75) is 64.6 Å². The van der Waals surface area contributed by atoms with Gasteiger partial charge in [-0.1, -0.05) is 31.2 Å². The Morgan fingerprint density at radius 2 is 2.00 bits per heavy atom. The monoisotopic (exact) mass is 324 g/mol. The Morgan fingerprint density at radius 1 is 1.21 bits per heavy atom. The van der Waals surface area contributed by atoms with Crippen molar-refractivity contribution in [2.75, 3.05) is 0 Å². The van der Waals surface area contributed by atoms with Crippen molar-refractivity contribution in [3.05, 3.63) is 47.0 Å². The van der Waals surface area contributed by atoms with Crippen LogP contribution in [-0.2, 0) is 30.6 Å². The van der Waals surface area contributed by atoms with Gasteiger partial charge in [0.15, 0.2) is 0 Å². The van der Waals surface area contributed by atoms with E-state index in [2.05, 4.69) is 45.6 Å². The van der Waals surface area contributed by atoms with Crippen molar-refractivity contribution >= 4 is 5.91 Å². The number of aromatic nitrogens is 3. The van der Waals surface area contributed by atoms with Gasteiger partial charge in [0.1, 0.15) is 11.6 Å². The molecule has 3 heterocycles. The number of hydrogen-bond donors (Lipinski definition) is 0. The van der Waals surface area contributed by atoms with Crippen LogP contribution in [0, 0.1) is 6.92 Å². The Bertz CT molecular complexity index is 766. The van der Waals surface area contributed by atoms with Gasteiger partial charge in [0.05, 0.1) is 12.5 Å². The van der Waals surface area contributed by atoms with E-state index in [1.54, 1.807) is 0 Å². The lowest BCUT2D eigenvalue weighted by Crippen LogP contribution is -2.43. The second-order valence-corrected chi connectivity index (χ2v) is 6.99. The predicted octanol–water partition coefficient (Wildman–Crippen LogP) is 2.31. The van der Waals surface area contributed by atoms with Crippen LogP contribution in [0.5, 0.6) is 0 Å². The fraction of sp³-hybridized carbons (Fsp3) is 0.526. The Labute approximate surface area is 142 Å². The number of nitrogens with zero attached hydrogens (tertiary/aromatic N) is 4. The van der Waals surface area contributed by atoms with Crippen LogP contribution in [0.3, 0.4) is 0 Å². The number of fused-ring (bicyclic) bond motifs is 3. The zero-order valence-electron chi connectivity index (χ0n) is 14.4. The van der Waals surface area contributed by atoms with Crippen molar-refractivity contribution in [1.29, 1.82) is 0 Å². The zero-order chi connectivity index (χ0) is 16.7. The summed E-state index contributed by atoms with van der Waals surface area (Å²) in [7, 11) is 0. The average molecular weight is 324 g/mol. The van der Waals surface area contributed by atoms with Gasteiger partial charge < -0.3 is 9.47 Å². The van der Waals surface area contributed by atoms with Gasteiger partial charge in [0.25, 0.3) is 0 Å². The second kappa shape index (κ2) is 6.04. The summed E-state index contributed by atoms with van der Waals surface area (Å²) in [5.41, 5.74) is 2.33. The molecule has 126 valence electrons. The minimum atomic E-state index is 0.258. The number of aryl methyl sites for hydroxylation is 2. The smallest absolute Gasteiger partial charge is 0.227 e. The second-order valence-electron chi connectivity index (χ2n) is 6.99. The Hall–Kier alpha value is -2.17. The van der Waals surface area contributed by atoms with Gasteiger partial charge >= 0.3 is 0 Å². The first-order chi connectivity index (χ1) is 11.7. The van der Waals surface area contributed by atoms with Crippen LogP contribution in [0.4, 0.5) is 0 Å². The van der Waals surface area contributed by atoms with E-state index in [-0.39, 0.29) is 18.0 Å². The van der Waals surface area contributed by atoms with Crippen molar-refractivity contribution in [3.63, 3.8) is 0 Å². The summed E-state index contributed by atoms with van der Waals surface area (Å²) in [6.45, 7) is 5.04. The molecule has 2 atom stereocenters. The molecule has 0 saturated carbocycles. The minimum absolute atomic E-state index is 0.258. The number of hydrogen-bond acceptors (Lipinski definition) is 3. The summed E-state index contributed by atoms with van der Waals surface area (Å²) in [4.78, 5) is 15.2. The summed E-state index contributed by atoms with van der Waals surface area (Å²) in [5.74, 6) is 2.35. The van der Waals surface area contributed by atoms with Gasteiger partial charge in [-0.2, -0.15) is 0 Å². The van der Waals surface area contributed by atoms with E-state index in [9.17, 15) is 4.79 Å². The molecule has 1 fully saturated rings. The SMILES string of the molecule is CCc1nnc2n1C[C@H]1CC[C@@H](C2)N1C(=O)Cc1ccccc1C. The molecule has 5 heteroatoms. The molecule has 2 aliphatic rings. The van der Waals surface area contributed by atoms with E-state index >= 15 is 0 Å². The maximum atomic E-state index is 13.0. The van der Waals surface area contributed by atoms with Crippen molar-refractivity contribution in [3.8, 4) is 0 Å². The first-order valence-corrected chi connectivity index (χ1v) is 8.94.